The number of anilines is 1. The van der Waals surface area contributed by atoms with Gasteiger partial charge in [-0.05, 0) is 63.3 Å². The third kappa shape index (κ3) is 3.99. The summed E-state index contributed by atoms with van der Waals surface area (Å²) in [5, 5.41) is 3.67. The number of hydrogen-bond acceptors (Lipinski definition) is 2. The molecule has 0 heterocycles. The van der Waals surface area contributed by atoms with Crippen LogP contribution in [0.5, 0.6) is 0 Å². The van der Waals surface area contributed by atoms with Crippen molar-refractivity contribution in [3.05, 3.63) is 29.8 Å². The summed E-state index contributed by atoms with van der Waals surface area (Å²) in [4.78, 5) is 2.52. The van der Waals surface area contributed by atoms with E-state index in [1.165, 1.54) is 43.5 Å². The average molecular weight is 274 g/mol. The molecular formula is C18H30N2. The second-order valence-electron chi connectivity index (χ2n) is 6.06. The van der Waals surface area contributed by atoms with E-state index in [1.807, 2.05) is 0 Å². The molecule has 1 aliphatic carbocycles. The number of nitrogens with zero attached hydrogens (tertiary/aromatic N) is 1. The van der Waals surface area contributed by atoms with Crippen LogP contribution in [0.3, 0.4) is 0 Å². The van der Waals surface area contributed by atoms with Crippen LogP contribution in [0.1, 0.15) is 45.1 Å². The Morgan fingerprint density at radius 2 is 2.10 bits per heavy atom. The normalized spacial score (nSPS) is 22.1. The molecule has 2 atom stereocenters. The van der Waals surface area contributed by atoms with Gasteiger partial charge in [0.25, 0.3) is 0 Å². The molecule has 2 unspecified atom stereocenters. The van der Waals surface area contributed by atoms with Crippen molar-refractivity contribution in [1.82, 2.24) is 5.32 Å². The first kappa shape index (κ1) is 15.4. The summed E-state index contributed by atoms with van der Waals surface area (Å²) in [5.41, 5.74) is 2.73. The smallest absolute Gasteiger partial charge is 0.0368 e. The molecule has 0 radical (unpaired) electrons. The van der Waals surface area contributed by atoms with Gasteiger partial charge >= 0.3 is 0 Å². The highest BCUT2D eigenvalue weighted by Gasteiger charge is 2.26. The first-order valence-corrected chi connectivity index (χ1v) is 8.29. The van der Waals surface area contributed by atoms with Crippen LogP contribution in [0.25, 0.3) is 0 Å². The fourth-order valence-corrected chi connectivity index (χ4v) is 3.53. The lowest BCUT2D eigenvalue weighted by Crippen LogP contribution is -2.34. The summed E-state index contributed by atoms with van der Waals surface area (Å²) in [7, 11) is 0. The molecule has 2 heteroatoms. The first-order chi connectivity index (χ1) is 9.74. The van der Waals surface area contributed by atoms with Gasteiger partial charge in [0.2, 0.25) is 0 Å². The lowest BCUT2D eigenvalue weighted by atomic mass is 9.99. The van der Waals surface area contributed by atoms with Crippen LogP contribution in [-0.2, 0) is 0 Å². The van der Waals surface area contributed by atoms with Crippen molar-refractivity contribution < 1.29 is 0 Å². The van der Waals surface area contributed by atoms with E-state index >= 15 is 0 Å². The Kier molecular flexibility index (Phi) is 5.90. The SMILES string of the molecule is CCNC1CCCC1CCN(CC)c1cccc(C)c1. The molecule has 20 heavy (non-hydrogen) atoms. The van der Waals surface area contributed by atoms with E-state index in [1.54, 1.807) is 0 Å². The van der Waals surface area contributed by atoms with Crippen molar-refractivity contribution in [2.24, 2.45) is 5.92 Å². The Hall–Kier alpha value is -1.02. The minimum atomic E-state index is 0.760. The molecule has 0 aliphatic heterocycles. The molecule has 1 fully saturated rings. The molecule has 112 valence electrons. The van der Waals surface area contributed by atoms with Gasteiger partial charge < -0.3 is 10.2 Å². The van der Waals surface area contributed by atoms with Gasteiger partial charge in [0.15, 0.2) is 0 Å². The van der Waals surface area contributed by atoms with Crippen molar-refractivity contribution >= 4 is 5.69 Å². The summed E-state index contributed by atoms with van der Waals surface area (Å²) >= 11 is 0. The quantitative estimate of drug-likeness (QED) is 0.809. The summed E-state index contributed by atoms with van der Waals surface area (Å²) in [6.07, 6.45) is 5.50. The number of nitrogens with one attached hydrogen (secondary N) is 1. The van der Waals surface area contributed by atoms with Gasteiger partial charge in [0.1, 0.15) is 0 Å². The zero-order chi connectivity index (χ0) is 14.4. The first-order valence-electron chi connectivity index (χ1n) is 8.29. The standard InChI is InChI=1S/C18H30N2/c1-4-19-18-11-7-9-16(18)12-13-20(5-2)17-10-6-8-15(3)14-17/h6,8,10,14,16,18-19H,4-5,7,9,11-13H2,1-3H3. The second-order valence-corrected chi connectivity index (χ2v) is 6.06. The maximum atomic E-state index is 3.67. The Morgan fingerprint density at radius 1 is 1.25 bits per heavy atom. The second kappa shape index (κ2) is 7.68. The van der Waals surface area contributed by atoms with E-state index in [2.05, 4.69) is 55.3 Å². The highest BCUT2D eigenvalue weighted by molar-refractivity contribution is 5.48. The number of benzene rings is 1. The van der Waals surface area contributed by atoms with Crippen molar-refractivity contribution in [1.29, 1.82) is 0 Å². The van der Waals surface area contributed by atoms with E-state index in [9.17, 15) is 0 Å². The monoisotopic (exact) mass is 274 g/mol. The summed E-state index contributed by atoms with van der Waals surface area (Å²) < 4.78 is 0. The van der Waals surface area contributed by atoms with E-state index < -0.39 is 0 Å². The van der Waals surface area contributed by atoms with Gasteiger partial charge in [-0.3, -0.25) is 0 Å². The molecule has 0 amide bonds. The van der Waals surface area contributed by atoms with Gasteiger partial charge in [0, 0.05) is 24.8 Å². The predicted molar refractivity (Wildman–Crippen MR) is 88.5 cm³/mol. The lowest BCUT2D eigenvalue weighted by molar-refractivity contribution is 0.386. The van der Waals surface area contributed by atoms with Crippen molar-refractivity contribution in [3.8, 4) is 0 Å². The number of hydrogen-bond donors (Lipinski definition) is 1. The molecule has 0 saturated heterocycles. The van der Waals surface area contributed by atoms with E-state index in [0.717, 1.165) is 25.0 Å². The van der Waals surface area contributed by atoms with Crippen molar-refractivity contribution in [2.45, 2.75) is 52.5 Å². The molecule has 2 rings (SSSR count). The molecule has 0 bridgehead atoms. The molecule has 0 spiro atoms. The van der Waals surface area contributed by atoms with Gasteiger partial charge in [-0.15, -0.1) is 0 Å². The van der Waals surface area contributed by atoms with Gasteiger partial charge in [0.05, 0.1) is 0 Å². The topological polar surface area (TPSA) is 15.3 Å². The zero-order valence-corrected chi connectivity index (χ0v) is 13.4. The maximum absolute atomic E-state index is 3.67. The fraction of sp³-hybridized carbons (Fsp3) is 0.667. The van der Waals surface area contributed by atoms with Crippen molar-refractivity contribution in [3.63, 3.8) is 0 Å². The van der Waals surface area contributed by atoms with Crippen LogP contribution in [0.15, 0.2) is 24.3 Å². The molecular weight excluding hydrogens is 244 g/mol. The molecule has 1 aliphatic rings. The summed E-state index contributed by atoms with van der Waals surface area (Å²) in [6, 6.07) is 9.66. The molecule has 1 N–H and O–H groups in total. The van der Waals surface area contributed by atoms with E-state index in [-0.39, 0.29) is 0 Å². The molecule has 1 saturated carbocycles. The third-order valence-corrected chi connectivity index (χ3v) is 4.64. The molecule has 1 aromatic carbocycles. The van der Waals surface area contributed by atoms with E-state index in [4.69, 9.17) is 0 Å². The third-order valence-electron chi connectivity index (χ3n) is 4.64. The largest absolute Gasteiger partial charge is 0.372 e. The Morgan fingerprint density at radius 3 is 2.80 bits per heavy atom. The van der Waals surface area contributed by atoms with Gasteiger partial charge in [-0.1, -0.05) is 25.5 Å². The number of aryl methyl sites for hydroxylation is 1. The minimum absolute atomic E-state index is 0.760. The molecule has 1 aromatic rings. The predicted octanol–water partition coefficient (Wildman–Crippen LogP) is 3.99. The number of rotatable bonds is 7. The van der Waals surface area contributed by atoms with Crippen LogP contribution in [0, 0.1) is 12.8 Å². The average Bonchev–Trinajstić information content (AvgIpc) is 2.88. The van der Waals surface area contributed by atoms with Gasteiger partial charge in [-0.2, -0.15) is 0 Å². The Bertz CT molecular complexity index is 402. The van der Waals surface area contributed by atoms with Gasteiger partial charge in [-0.25, -0.2) is 0 Å². The van der Waals surface area contributed by atoms with Crippen LogP contribution >= 0.6 is 0 Å². The van der Waals surface area contributed by atoms with E-state index in [0.29, 0.717) is 0 Å². The Balaban J connectivity index is 1.90. The molecule has 0 aromatic heterocycles. The lowest BCUT2D eigenvalue weighted by Gasteiger charge is -2.27. The highest BCUT2D eigenvalue weighted by atomic mass is 15.1. The van der Waals surface area contributed by atoms with Crippen LogP contribution in [-0.4, -0.2) is 25.7 Å². The maximum Gasteiger partial charge on any atom is 0.0368 e. The fourth-order valence-electron chi connectivity index (χ4n) is 3.53. The van der Waals surface area contributed by atoms with Crippen molar-refractivity contribution in [2.75, 3.05) is 24.5 Å². The van der Waals surface area contributed by atoms with Crippen LogP contribution in [0.2, 0.25) is 0 Å². The van der Waals surface area contributed by atoms with Crippen LogP contribution < -0.4 is 10.2 Å². The minimum Gasteiger partial charge on any atom is -0.372 e. The Labute approximate surface area is 124 Å². The molecule has 2 nitrogen and oxygen atoms in total. The summed E-state index contributed by atoms with van der Waals surface area (Å²) in [5.74, 6) is 0.869. The van der Waals surface area contributed by atoms with Crippen LogP contribution in [0.4, 0.5) is 5.69 Å². The zero-order valence-electron chi connectivity index (χ0n) is 13.4. The highest BCUT2D eigenvalue weighted by Crippen LogP contribution is 2.29. The summed E-state index contributed by atoms with van der Waals surface area (Å²) in [6.45, 7) is 10.1.